The van der Waals surface area contributed by atoms with Crippen LogP contribution < -0.4 is 4.90 Å². The molecule has 0 bridgehead atoms. The van der Waals surface area contributed by atoms with Gasteiger partial charge in [-0.2, -0.15) is 0 Å². The first-order valence-corrected chi connectivity index (χ1v) is 5.11. The molecule has 1 N–H and O–H groups in total. The number of carbonyl (C=O) groups is 1. The zero-order chi connectivity index (χ0) is 13.7. The molecule has 0 unspecified atom stereocenters. The zero-order valence-corrected chi connectivity index (χ0v) is 9.79. The summed E-state index contributed by atoms with van der Waals surface area (Å²) in [5, 5.41) is 19.4. The fourth-order valence-electron chi connectivity index (χ4n) is 1.61. The summed E-state index contributed by atoms with van der Waals surface area (Å²) in [7, 11) is 0. The van der Waals surface area contributed by atoms with E-state index in [1.165, 1.54) is 23.1 Å². The van der Waals surface area contributed by atoms with Gasteiger partial charge < -0.3 is 10.0 Å². The monoisotopic (exact) mass is 248 g/mol. The Balaban J connectivity index is 3.09. The Morgan fingerprint density at radius 1 is 1.61 bits per heavy atom. The Kier molecular flexibility index (Phi) is 4.27. The van der Waals surface area contributed by atoms with Gasteiger partial charge in [0.15, 0.2) is 0 Å². The molecule has 6 heteroatoms. The van der Waals surface area contributed by atoms with Crippen LogP contribution in [0.5, 0.6) is 0 Å². The number of aliphatic carboxylic acids is 1. The van der Waals surface area contributed by atoms with Crippen LogP contribution in [0.4, 0.5) is 11.4 Å². The first kappa shape index (κ1) is 13.5. The van der Waals surface area contributed by atoms with Crippen molar-refractivity contribution >= 4 is 17.3 Å². The van der Waals surface area contributed by atoms with E-state index < -0.39 is 10.9 Å². The number of rotatable bonds is 5. The van der Waals surface area contributed by atoms with Crippen LogP contribution in [-0.4, -0.2) is 29.1 Å². The van der Waals surface area contributed by atoms with Gasteiger partial charge in [0.05, 0.1) is 11.5 Å². The number of aryl methyl sites for hydroxylation is 1. The van der Waals surface area contributed by atoms with Gasteiger partial charge in [-0.1, -0.05) is 5.92 Å². The minimum atomic E-state index is -1.01. The van der Waals surface area contributed by atoms with Crippen molar-refractivity contribution in [3.8, 4) is 12.3 Å². The Bertz CT molecular complexity index is 519. The van der Waals surface area contributed by atoms with E-state index in [0.717, 1.165) is 0 Å². The number of anilines is 1. The summed E-state index contributed by atoms with van der Waals surface area (Å²) >= 11 is 0. The van der Waals surface area contributed by atoms with Gasteiger partial charge in [-0.05, 0) is 18.6 Å². The summed E-state index contributed by atoms with van der Waals surface area (Å²) in [6.45, 7) is 1.56. The van der Waals surface area contributed by atoms with E-state index in [-0.39, 0.29) is 18.8 Å². The van der Waals surface area contributed by atoms with Crippen LogP contribution in [0, 0.1) is 29.4 Å². The summed E-state index contributed by atoms with van der Waals surface area (Å²) in [6, 6.07) is 4.22. The van der Waals surface area contributed by atoms with Crippen LogP contribution in [0.2, 0.25) is 0 Å². The average molecular weight is 248 g/mol. The molecule has 0 radical (unpaired) electrons. The summed E-state index contributed by atoms with van der Waals surface area (Å²) in [5.41, 5.74) is 1.16. The molecule has 0 amide bonds. The molecule has 0 spiro atoms. The second-order valence-corrected chi connectivity index (χ2v) is 3.68. The first-order chi connectivity index (χ1) is 8.45. The van der Waals surface area contributed by atoms with E-state index >= 15 is 0 Å². The third-order valence-electron chi connectivity index (χ3n) is 2.34. The highest BCUT2D eigenvalue weighted by molar-refractivity contribution is 5.75. The maximum absolute atomic E-state index is 10.7. The van der Waals surface area contributed by atoms with E-state index in [0.29, 0.717) is 11.3 Å². The van der Waals surface area contributed by atoms with Gasteiger partial charge in [0.25, 0.3) is 5.69 Å². The number of nitrogens with zero attached hydrogens (tertiary/aromatic N) is 2. The molecule has 0 saturated heterocycles. The number of benzene rings is 1. The largest absolute Gasteiger partial charge is 0.480 e. The van der Waals surface area contributed by atoms with Crippen molar-refractivity contribution in [2.75, 3.05) is 18.0 Å². The van der Waals surface area contributed by atoms with Crippen molar-refractivity contribution in [2.45, 2.75) is 6.92 Å². The number of non-ortho nitro benzene ring substituents is 1. The fraction of sp³-hybridized carbons (Fsp3) is 0.250. The third-order valence-corrected chi connectivity index (χ3v) is 2.34. The van der Waals surface area contributed by atoms with E-state index in [1.807, 2.05) is 0 Å². The predicted molar refractivity (Wildman–Crippen MR) is 66.5 cm³/mol. The molecule has 6 nitrogen and oxygen atoms in total. The molecule has 0 atom stereocenters. The van der Waals surface area contributed by atoms with Crippen LogP contribution in [0.3, 0.4) is 0 Å². The molecule has 1 aromatic rings. The number of hydrogen-bond acceptors (Lipinski definition) is 4. The lowest BCUT2D eigenvalue weighted by Gasteiger charge is -2.21. The molecule has 0 aromatic heterocycles. The maximum Gasteiger partial charge on any atom is 0.323 e. The van der Waals surface area contributed by atoms with Crippen molar-refractivity contribution in [1.29, 1.82) is 0 Å². The lowest BCUT2D eigenvalue weighted by Crippen LogP contribution is -2.30. The SMILES string of the molecule is C#CCN(CC(=O)O)c1ccc([N+](=O)[O-])cc1C. The molecule has 0 saturated carbocycles. The van der Waals surface area contributed by atoms with Gasteiger partial charge in [-0.3, -0.25) is 14.9 Å². The molecule has 1 aromatic carbocycles. The molecule has 0 fully saturated rings. The van der Waals surface area contributed by atoms with Crippen LogP contribution in [0.15, 0.2) is 18.2 Å². The second kappa shape index (κ2) is 5.68. The van der Waals surface area contributed by atoms with Crippen molar-refractivity contribution < 1.29 is 14.8 Å². The number of carboxylic acids is 1. The number of nitro benzene ring substituents is 1. The van der Waals surface area contributed by atoms with Gasteiger partial charge in [-0.25, -0.2) is 0 Å². The normalized spacial score (nSPS) is 9.56. The van der Waals surface area contributed by atoms with Gasteiger partial charge in [0.2, 0.25) is 0 Å². The third kappa shape index (κ3) is 3.22. The molecule has 94 valence electrons. The van der Waals surface area contributed by atoms with E-state index in [4.69, 9.17) is 11.5 Å². The zero-order valence-electron chi connectivity index (χ0n) is 9.79. The van der Waals surface area contributed by atoms with Gasteiger partial charge >= 0.3 is 5.97 Å². The van der Waals surface area contributed by atoms with Crippen LogP contribution in [-0.2, 0) is 4.79 Å². The lowest BCUT2D eigenvalue weighted by molar-refractivity contribution is -0.384. The van der Waals surface area contributed by atoms with Crippen molar-refractivity contribution in [3.05, 3.63) is 33.9 Å². The van der Waals surface area contributed by atoms with E-state index in [2.05, 4.69) is 5.92 Å². The van der Waals surface area contributed by atoms with Crippen molar-refractivity contribution in [3.63, 3.8) is 0 Å². The number of terminal acetylenes is 1. The van der Waals surface area contributed by atoms with E-state index in [1.54, 1.807) is 6.92 Å². The molecular weight excluding hydrogens is 236 g/mol. The summed E-state index contributed by atoms with van der Waals surface area (Å²) in [6.07, 6.45) is 5.18. The van der Waals surface area contributed by atoms with Crippen molar-refractivity contribution in [1.82, 2.24) is 0 Å². The maximum atomic E-state index is 10.7. The van der Waals surface area contributed by atoms with Crippen molar-refractivity contribution in [2.24, 2.45) is 0 Å². The fourth-order valence-corrected chi connectivity index (χ4v) is 1.61. The topological polar surface area (TPSA) is 83.7 Å². The number of hydrogen-bond donors (Lipinski definition) is 1. The number of carboxylic acid groups (broad SMARTS) is 1. The molecule has 0 heterocycles. The van der Waals surface area contributed by atoms with Gasteiger partial charge in [0.1, 0.15) is 6.54 Å². The smallest absolute Gasteiger partial charge is 0.323 e. The van der Waals surface area contributed by atoms with Crippen LogP contribution >= 0.6 is 0 Å². The molecule has 18 heavy (non-hydrogen) atoms. The van der Waals surface area contributed by atoms with E-state index in [9.17, 15) is 14.9 Å². The summed E-state index contributed by atoms with van der Waals surface area (Å²) in [5.74, 6) is 1.35. The Labute approximate surface area is 104 Å². The minimum absolute atomic E-state index is 0.0350. The Morgan fingerprint density at radius 3 is 2.72 bits per heavy atom. The standard InChI is InChI=1S/C12H12N2O4/c1-3-6-13(8-12(15)16)11-5-4-10(14(17)18)7-9(11)2/h1,4-5,7H,6,8H2,2H3,(H,15,16). The first-order valence-electron chi connectivity index (χ1n) is 5.11. The average Bonchev–Trinajstić information content (AvgIpc) is 2.27. The molecule has 0 aliphatic heterocycles. The molecule has 0 aliphatic rings. The highest BCUT2D eigenvalue weighted by Crippen LogP contribution is 2.24. The highest BCUT2D eigenvalue weighted by Gasteiger charge is 2.14. The molecule has 0 aliphatic carbocycles. The van der Waals surface area contributed by atoms with Gasteiger partial charge in [-0.15, -0.1) is 6.42 Å². The second-order valence-electron chi connectivity index (χ2n) is 3.68. The quantitative estimate of drug-likeness (QED) is 0.484. The van der Waals surface area contributed by atoms with Gasteiger partial charge in [0, 0.05) is 17.8 Å². The summed E-state index contributed by atoms with van der Waals surface area (Å²) < 4.78 is 0. The van der Waals surface area contributed by atoms with Crippen LogP contribution in [0.25, 0.3) is 0 Å². The Morgan fingerprint density at radius 2 is 2.28 bits per heavy atom. The predicted octanol–water partition coefficient (Wildman–Crippen LogP) is 1.43. The minimum Gasteiger partial charge on any atom is -0.480 e. The van der Waals surface area contributed by atoms with Crippen LogP contribution in [0.1, 0.15) is 5.56 Å². The molecular formula is C12H12N2O4. The molecule has 1 rings (SSSR count). The lowest BCUT2D eigenvalue weighted by atomic mass is 10.1. The Hall–Kier alpha value is -2.55. The summed E-state index contributed by atoms with van der Waals surface area (Å²) in [4.78, 5) is 22.3. The number of nitro groups is 1. The highest BCUT2D eigenvalue weighted by atomic mass is 16.6.